The van der Waals surface area contributed by atoms with Crippen LogP contribution in [-0.4, -0.2) is 30.8 Å². The number of hydrogen-bond donors (Lipinski definition) is 1. The summed E-state index contributed by atoms with van der Waals surface area (Å²) < 4.78 is 28.5. The fraction of sp³-hybridized carbons (Fsp3) is 0.211. The number of nitrogens with zero attached hydrogens (tertiary/aromatic N) is 2. The van der Waals surface area contributed by atoms with Gasteiger partial charge in [0.25, 0.3) is 0 Å². The fourth-order valence-electron chi connectivity index (χ4n) is 2.59. The lowest BCUT2D eigenvalue weighted by atomic mass is 10.1. The molecule has 0 unspecified atom stereocenters. The lowest BCUT2D eigenvalue weighted by molar-refractivity contribution is -0.121. The van der Waals surface area contributed by atoms with Crippen LogP contribution in [0.5, 0.6) is 0 Å². The van der Waals surface area contributed by atoms with Gasteiger partial charge in [0, 0.05) is 12.7 Å². The lowest BCUT2D eigenvalue weighted by Crippen LogP contribution is -2.31. The average molecular weight is 385 g/mol. The number of aromatic nitrogens is 2. The molecule has 1 aromatic heterocycles. The average Bonchev–Trinajstić information content (AvgIpc) is 3.13. The Kier molecular flexibility index (Phi) is 5.66. The van der Waals surface area contributed by atoms with Crippen LogP contribution in [0.3, 0.4) is 0 Å². The fourth-order valence-corrected chi connectivity index (χ4v) is 3.01. The van der Waals surface area contributed by atoms with Crippen LogP contribution in [0.4, 0.5) is 0 Å². The second kappa shape index (κ2) is 8.13. The van der Waals surface area contributed by atoms with E-state index in [1.165, 1.54) is 0 Å². The van der Waals surface area contributed by atoms with Crippen LogP contribution in [0.1, 0.15) is 23.1 Å². The smallest absolute Gasteiger partial charge is 0.335 e. The number of sulfone groups is 1. The van der Waals surface area contributed by atoms with Gasteiger partial charge < -0.3 is 9.73 Å². The standard InChI is InChI=1S/C19H19N3O4S/c1-27(24,25)19-22-21-18(26-19)16(12-14-8-4-2-5-9-14)20-17(23)13-15-10-6-3-7-11-15/h2-11,16H,12-13H2,1H3,(H,20,23)/t16-/m0/s1. The number of carbonyl (C=O) groups excluding carboxylic acids is 1. The molecule has 0 aliphatic heterocycles. The highest BCUT2D eigenvalue weighted by Crippen LogP contribution is 2.19. The SMILES string of the molecule is CS(=O)(=O)c1nnc([C@H](Cc2ccccc2)NC(=O)Cc2ccccc2)o1. The molecule has 1 N–H and O–H groups in total. The van der Waals surface area contributed by atoms with Gasteiger partial charge in [0.15, 0.2) is 0 Å². The first-order valence-corrected chi connectivity index (χ1v) is 10.2. The third kappa shape index (κ3) is 5.24. The molecule has 3 rings (SSSR count). The highest BCUT2D eigenvalue weighted by Gasteiger charge is 2.24. The molecule has 7 nitrogen and oxygen atoms in total. The van der Waals surface area contributed by atoms with Gasteiger partial charge in [-0.1, -0.05) is 65.8 Å². The summed E-state index contributed by atoms with van der Waals surface area (Å²) in [6, 6.07) is 18.2. The quantitative estimate of drug-likeness (QED) is 0.668. The molecule has 0 bridgehead atoms. The van der Waals surface area contributed by atoms with Gasteiger partial charge in [0.05, 0.1) is 6.42 Å². The van der Waals surface area contributed by atoms with Gasteiger partial charge in [-0.25, -0.2) is 8.42 Å². The van der Waals surface area contributed by atoms with Crippen LogP contribution in [0.2, 0.25) is 0 Å². The molecule has 0 spiro atoms. The van der Waals surface area contributed by atoms with E-state index in [2.05, 4.69) is 15.5 Å². The number of rotatable bonds is 7. The Morgan fingerprint density at radius 1 is 1.00 bits per heavy atom. The van der Waals surface area contributed by atoms with E-state index < -0.39 is 21.1 Å². The number of nitrogens with one attached hydrogen (secondary N) is 1. The van der Waals surface area contributed by atoms with E-state index in [1.807, 2.05) is 60.7 Å². The van der Waals surface area contributed by atoms with Crippen molar-refractivity contribution >= 4 is 15.7 Å². The molecular weight excluding hydrogens is 366 g/mol. The normalized spacial score (nSPS) is 12.5. The van der Waals surface area contributed by atoms with E-state index in [0.717, 1.165) is 17.4 Å². The van der Waals surface area contributed by atoms with Crippen LogP contribution >= 0.6 is 0 Å². The Labute approximate surface area is 157 Å². The van der Waals surface area contributed by atoms with Crippen molar-refractivity contribution in [3.63, 3.8) is 0 Å². The van der Waals surface area contributed by atoms with E-state index in [1.54, 1.807) is 0 Å². The van der Waals surface area contributed by atoms with Gasteiger partial charge in [-0.15, -0.1) is 5.10 Å². The molecule has 8 heteroatoms. The Bertz CT molecular complexity index is 1000. The Morgan fingerprint density at radius 3 is 2.15 bits per heavy atom. The highest BCUT2D eigenvalue weighted by atomic mass is 32.2. The van der Waals surface area contributed by atoms with Crippen LogP contribution < -0.4 is 5.32 Å². The molecule has 0 aliphatic carbocycles. The summed E-state index contributed by atoms with van der Waals surface area (Å²) in [7, 11) is -3.62. The summed E-state index contributed by atoms with van der Waals surface area (Å²) in [4.78, 5) is 12.5. The molecule has 0 fully saturated rings. The third-order valence-electron chi connectivity index (χ3n) is 3.86. The molecule has 1 heterocycles. The van der Waals surface area contributed by atoms with Crippen LogP contribution in [0.15, 0.2) is 70.3 Å². The van der Waals surface area contributed by atoms with Crippen molar-refractivity contribution < 1.29 is 17.6 Å². The number of hydrogen-bond acceptors (Lipinski definition) is 6. The summed E-state index contributed by atoms with van der Waals surface area (Å²) in [6.07, 6.45) is 1.58. The van der Waals surface area contributed by atoms with Crippen LogP contribution in [0.25, 0.3) is 0 Å². The Morgan fingerprint density at radius 2 is 1.59 bits per heavy atom. The van der Waals surface area contributed by atoms with E-state index in [9.17, 15) is 13.2 Å². The predicted octanol–water partition coefficient (Wildman–Crippen LogP) is 2.12. The summed E-state index contributed by atoms with van der Waals surface area (Å²) in [5.74, 6) is -0.165. The van der Waals surface area contributed by atoms with Crippen LogP contribution in [0, 0.1) is 0 Å². The minimum Gasteiger partial charge on any atom is -0.410 e. The van der Waals surface area contributed by atoms with Gasteiger partial charge >= 0.3 is 5.22 Å². The zero-order chi connectivity index (χ0) is 19.3. The molecule has 27 heavy (non-hydrogen) atoms. The molecular formula is C19H19N3O4S. The molecule has 140 valence electrons. The zero-order valence-electron chi connectivity index (χ0n) is 14.7. The van der Waals surface area contributed by atoms with Crippen molar-refractivity contribution in [3.05, 3.63) is 77.7 Å². The maximum absolute atomic E-state index is 12.5. The molecule has 0 saturated carbocycles. The third-order valence-corrected chi connectivity index (χ3v) is 4.66. The summed E-state index contributed by atoms with van der Waals surface area (Å²) in [5.41, 5.74) is 1.82. The second-order valence-corrected chi connectivity index (χ2v) is 8.04. The first kappa shape index (κ1) is 18.8. The van der Waals surface area contributed by atoms with Gasteiger partial charge in [-0.05, 0) is 11.1 Å². The summed E-state index contributed by atoms with van der Waals surface area (Å²) >= 11 is 0. The van der Waals surface area contributed by atoms with E-state index in [4.69, 9.17) is 4.42 Å². The molecule has 1 atom stereocenters. The maximum atomic E-state index is 12.5. The van der Waals surface area contributed by atoms with E-state index in [0.29, 0.717) is 6.42 Å². The zero-order valence-corrected chi connectivity index (χ0v) is 15.5. The molecule has 3 aromatic rings. The number of amides is 1. The molecule has 0 radical (unpaired) electrons. The predicted molar refractivity (Wildman–Crippen MR) is 98.6 cm³/mol. The number of benzene rings is 2. The Hall–Kier alpha value is -3.00. The molecule has 1 amide bonds. The van der Waals surface area contributed by atoms with Gasteiger partial charge in [-0.3, -0.25) is 4.79 Å². The molecule has 0 aliphatic rings. The summed E-state index contributed by atoms with van der Waals surface area (Å²) in [6.45, 7) is 0. The minimum absolute atomic E-state index is 0.0562. The Balaban J connectivity index is 1.81. The van der Waals surface area contributed by atoms with Crippen LogP contribution in [-0.2, 0) is 27.5 Å². The topological polar surface area (TPSA) is 102 Å². The van der Waals surface area contributed by atoms with Crippen molar-refractivity contribution in [2.24, 2.45) is 0 Å². The van der Waals surface area contributed by atoms with E-state index >= 15 is 0 Å². The largest absolute Gasteiger partial charge is 0.410 e. The van der Waals surface area contributed by atoms with Gasteiger partial charge in [0.2, 0.25) is 21.6 Å². The monoisotopic (exact) mass is 385 g/mol. The van der Waals surface area contributed by atoms with Crippen molar-refractivity contribution in [2.45, 2.75) is 24.1 Å². The highest BCUT2D eigenvalue weighted by molar-refractivity contribution is 7.90. The van der Waals surface area contributed by atoms with Gasteiger partial charge in [-0.2, -0.15) is 0 Å². The summed E-state index contributed by atoms with van der Waals surface area (Å²) in [5, 5.41) is 9.81. The minimum atomic E-state index is -3.62. The first-order chi connectivity index (χ1) is 12.9. The van der Waals surface area contributed by atoms with Crippen molar-refractivity contribution in [3.8, 4) is 0 Å². The van der Waals surface area contributed by atoms with E-state index in [-0.39, 0.29) is 18.2 Å². The molecule has 2 aromatic carbocycles. The first-order valence-electron chi connectivity index (χ1n) is 8.32. The van der Waals surface area contributed by atoms with Gasteiger partial charge in [0.1, 0.15) is 6.04 Å². The number of carbonyl (C=O) groups is 1. The van der Waals surface area contributed by atoms with Crippen molar-refractivity contribution in [2.75, 3.05) is 6.26 Å². The lowest BCUT2D eigenvalue weighted by Gasteiger charge is -2.15. The van der Waals surface area contributed by atoms with Crippen molar-refractivity contribution in [1.82, 2.24) is 15.5 Å². The maximum Gasteiger partial charge on any atom is 0.335 e. The molecule has 0 saturated heterocycles. The second-order valence-electron chi connectivity index (χ2n) is 6.15. The van der Waals surface area contributed by atoms with Crippen molar-refractivity contribution in [1.29, 1.82) is 0 Å².